The molecule has 1 aliphatic rings. The van der Waals surface area contributed by atoms with Crippen molar-refractivity contribution in [3.8, 4) is 11.4 Å². The summed E-state index contributed by atoms with van der Waals surface area (Å²) < 4.78 is 20.4. The van der Waals surface area contributed by atoms with Crippen LogP contribution in [0.3, 0.4) is 0 Å². The molecule has 0 spiro atoms. The van der Waals surface area contributed by atoms with Crippen LogP contribution >= 0.6 is 11.8 Å². The number of rotatable bonds is 9. The van der Waals surface area contributed by atoms with Crippen molar-refractivity contribution < 1.29 is 19.0 Å². The van der Waals surface area contributed by atoms with Gasteiger partial charge in [-0.15, -0.1) is 10.2 Å². The van der Waals surface area contributed by atoms with Gasteiger partial charge in [-0.1, -0.05) is 18.2 Å². The molecule has 2 aromatic heterocycles. The Balaban J connectivity index is 1.44. The fourth-order valence-electron chi connectivity index (χ4n) is 3.56. The minimum absolute atomic E-state index is 0.0643. The molecule has 0 saturated carbocycles. The third-order valence-corrected chi connectivity index (χ3v) is 6.34. The molecule has 1 aromatic carbocycles. The number of nitrogens with zero attached hydrogens (tertiary/aromatic N) is 5. The third kappa shape index (κ3) is 6.29. The Morgan fingerprint density at radius 3 is 2.79 bits per heavy atom. The predicted octanol–water partition coefficient (Wildman–Crippen LogP) is 3.24. The van der Waals surface area contributed by atoms with Crippen LogP contribution < -0.4 is 4.74 Å². The summed E-state index contributed by atoms with van der Waals surface area (Å²) in [5.74, 6) is 1.25. The second kappa shape index (κ2) is 11.2. The number of pyridine rings is 1. The second-order valence-electron chi connectivity index (χ2n) is 7.80. The molecular formula is C23H26FN5O3S. The molecule has 1 unspecified atom stereocenters. The number of aliphatic hydroxyl groups excluding tert-OH is 1. The van der Waals surface area contributed by atoms with Crippen molar-refractivity contribution in [3.05, 3.63) is 60.4 Å². The van der Waals surface area contributed by atoms with E-state index in [0.29, 0.717) is 42.0 Å². The first-order valence-corrected chi connectivity index (χ1v) is 11.9. The Bertz CT molecular complexity index is 1050. The number of ether oxygens (including phenoxy) is 1. The number of halogens is 1. The first kappa shape index (κ1) is 23.2. The van der Waals surface area contributed by atoms with Gasteiger partial charge in [-0.2, -0.15) is 0 Å². The maximum absolute atomic E-state index is 13.0. The quantitative estimate of drug-likeness (QED) is 0.479. The first-order chi connectivity index (χ1) is 16.1. The summed E-state index contributed by atoms with van der Waals surface area (Å²) in [7, 11) is 0. The minimum Gasteiger partial charge on any atom is -0.491 e. The summed E-state index contributed by atoms with van der Waals surface area (Å²) in [6.45, 7) is 1.15. The van der Waals surface area contributed by atoms with Gasteiger partial charge < -0.3 is 14.7 Å². The number of carbonyl (C=O) groups is 1. The lowest BCUT2D eigenvalue weighted by Crippen LogP contribution is -2.31. The van der Waals surface area contributed by atoms with E-state index in [1.165, 1.54) is 36.0 Å². The maximum atomic E-state index is 13.0. The van der Waals surface area contributed by atoms with Gasteiger partial charge in [0.15, 0.2) is 11.0 Å². The highest BCUT2D eigenvalue weighted by atomic mass is 32.2. The van der Waals surface area contributed by atoms with E-state index in [1.807, 2.05) is 21.6 Å². The standard InChI is InChI=1S/C23H26FN5O3S/c24-17-7-9-20(10-8-17)32-15-19(30)16-33-23-27-26-21(29(23)18-5-4-11-25-13-18)14-28-12-3-1-2-6-22(28)31/h4-5,7-11,13,19,30H,1-3,6,12,14-16H2. The molecule has 0 bridgehead atoms. The predicted molar refractivity (Wildman–Crippen MR) is 122 cm³/mol. The van der Waals surface area contributed by atoms with Gasteiger partial charge in [0.05, 0.1) is 24.5 Å². The van der Waals surface area contributed by atoms with E-state index in [9.17, 15) is 14.3 Å². The number of hydrogen-bond acceptors (Lipinski definition) is 7. The topological polar surface area (TPSA) is 93.4 Å². The van der Waals surface area contributed by atoms with E-state index in [4.69, 9.17) is 4.74 Å². The highest BCUT2D eigenvalue weighted by Gasteiger charge is 2.22. The van der Waals surface area contributed by atoms with Crippen LogP contribution in [-0.4, -0.2) is 60.7 Å². The van der Waals surface area contributed by atoms with Gasteiger partial charge in [-0.3, -0.25) is 14.3 Å². The lowest BCUT2D eigenvalue weighted by molar-refractivity contribution is -0.131. The average Bonchev–Trinajstić information content (AvgIpc) is 3.12. The van der Waals surface area contributed by atoms with E-state index in [0.717, 1.165) is 24.9 Å². The van der Waals surface area contributed by atoms with Crippen LogP contribution in [0.15, 0.2) is 53.9 Å². The SMILES string of the molecule is O=C1CCCCCN1Cc1nnc(SCC(O)COc2ccc(F)cc2)n1-c1cccnc1. The summed E-state index contributed by atoms with van der Waals surface area (Å²) in [5, 5.41) is 19.7. The summed E-state index contributed by atoms with van der Waals surface area (Å²) in [5.41, 5.74) is 0.791. The zero-order valence-electron chi connectivity index (χ0n) is 18.1. The lowest BCUT2D eigenvalue weighted by Gasteiger charge is -2.20. The molecule has 10 heteroatoms. The van der Waals surface area contributed by atoms with E-state index < -0.39 is 6.10 Å². The molecule has 0 aliphatic carbocycles. The largest absolute Gasteiger partial charge is 0.491 e. The summed E-state index contributed by atoms with van der Waals surface area (Å²) in [4.78, 5) is 18.5. The van der Waals surface area contributed by atoms with E-state index in [-0.39, 0.29) is 18.3 Å². The second-order valence-corrected chi connectivity index (χ2v) is 8.79. The van der Waals surface area contributed by atoms with Crippen LogP contribution in [0, 0.1) is 5.82 Å². The molecule has 174 valence electrons. The highest BCUT2D eigenvalue weighted by molar-refractivity contribution is 7.99. The number of aromatic nitrogens is 4. The Morgan fingerprint density at radius 2 is 2.00 bits per heavy atom. The van der Waals surface area contributed by atoms with Crippen LogP contribution in [0.2, 0.25) is 0 Å². The fraction of sp³-hybridized carbons (Fsp3) is 0.391. The van der Waals surface area contributed by atoms with E-state index >= 15 is 0 Å². The normalized spacial score (nSPS) is 15.3. The Morgan fingerprint density at radius 1 is 1.15 bits per heavy atom. The van der Waals surface area contributed by atoms with Crippen LogP contribution in [0.1, 0.15) is 31.5 Å². The highest BCUT2D eigenvalue weighted by Crippen LogP contribution is 2.24. The molecule has 1 fully saturated rings. The Labute approximate surface area is 195 Å². The molecule has 8 nitrogen and oxygen atoms in total. The van der Waals surface area contributed by atoms with Crippen molar-refractivity contribution in [3.63, 3.8) is 0 Å². The monoisotopic (exact) mass is 471 g/mol. The molecule has 33 heavy (non-hydrogen) atoms. The molecular weight excluding hydrogens is 445 g/mol. The Kier molecular flexibility index (Phi) is 7.90. The number of thioether (sulfide) groups is 1. The number of hydrogen-bond donors (Lipinski definition) is 1. The van der Waals surface area contributed by atoms with E-state index in [2.05, 4.69) is 15.2 Å². The van der Waals surface area contributed by atoms with Gasteiger partial charge in [0.2, 0.25) is 5.91 Å². The first-order valence-electron chi connectivity index (χ1n) is 10.9. The van der Waals surface area contributed by atoms with Crippen molar-refractivity contribution in [2.75, 3.05) is 18.9 Å². The molecule has 4 rings (SSSR count). The van der Waals surface area contributed by atoms with Crippen LogP contribution in [0.25, 0.3) is 5.69 Å². The van der Waals surface area contributed by atoms with Crippen LogP contribution in [0.4, 0.5) is 4.39 Å². The summed E-state index contributed by atoms with van der Waals surface area (Å²) in [6, 6.07) is 9.39. The number of amides is 1. The molecule has 3 heterocycles. The lowest BCUT2D eigenvalue weighted by atomic mass is 10.2. The number of aliphatic hydroxyl groups is 1. The third-order valence-electron chi connectivity index (χ3n) is 5.27. The van der Waals surface area contributed by atoms with Gasteiger partial charge in [-0.25, -0.2) is 4.39 Å². The zero-order chi connectivity index (χ0) is 23.0. The van der Waals surface area contributed by atoms with E-state index in [1.54, 1.807) is 12.4 Å². The van der Waals surface area contributed by atoms with Gasteiger partial charge >= 0.3 is 0 Å². The molecule has 1 aliphatic heterocycles. The molecule has 0 radical (unpaired) electrons. The Hall–Kier alpha value is -2.98. The number of carbonyl (C=O) groups excluding carboxylic acids is 1. The van der Waals surface area contributed by atoms with Crippen molar-refractivity contribution in [1.29, 1.82) is 0 Å². The summed E-state index contributed by atoms with van der Waals surface area (Å²) in [6.07, 6.45) is 6.15. The van der Waals surface area contributed by atoms with Crippen molar-refractivity contribution in [2.24, 2.45) is 0 Å². The minimum atomic E-state index is -0.769. The molecule has 1 amide bonds. The molecule has 1 saturated heterocycles. The summed E-state index contributed by atoms with van der Waals surface area (Å²) >= 11 is 1.34. The molecule has 1 N–H and O–H groups in total. The molecule has 1 atom stereocenters. The number of benzene rings is 1. The van der Waals surface area contributed by atoms with Crippen LogP contribution in [-0.2, 0) is 11.3 Å². The maximum Gasteiger partial charge on any atom is 0.222 e. The van der Waals surface area contributed by atoms with Gasteiger partial charge in [0.1, 0.15) is 18.2 Å². The van der Waals surface area contributed by atoms with Gasteiger partial charge in [-0.05, 0) is 49.2 Å². The zero-order valence-corrected chi connectivity index (χ0v) is 19.0. The van der Waals surface area contributed by atoms with Crippen molar-refractivity contribution >= 4 is 17.7 Å². The van der Waals surface area contributed by atoms with Crippen molar-refractivity contribution in [1.82, 2.24) is 24.6 Å². The van der Waals surface area contributed by atoms with Crippen LogP contribution in [0.5, 0.6) is 5.75 Å². The van der Waals surface area contributed by atoms with Gasteiger partial charge in [0.25, 0.3) is 0 Å². The van der Waals surface area contributed by atoms with Crippen molar-refractivity contribution in [2.45, 2.75) is 43.5 Å². The smallest absolute Gasteiger partial charge is 0.222 e. The molecule has 3 aromatic rings. The average molecular weight is 472 g/mol. The fourth-order valence-corrected chi connectivity index (χ4v) is 4.44. The number of likely N-dealkylation sites (tertiary alicyclic amines) is 1. The van der Waals surface area contributed by atoms with Gasteiger partial charge in [0, 0.05) is 24.9 Å².